The SMILES string of the molecule is CCOC(=O)C#CC1CCCC2CC12. The van der Waals surface area contributed by atoms with Crippen molar-refractivity contribution in [2.45, 2.75) is 32.6 Å². The predicted octanol–water partition coefficient (Wildman–Crippen LogP) is 1.99. The molecule has 2 nitrogen and oxygen atoms in total. The molecule has 2 rings (SSSR count). The topological polar surface area (TPSA) is 26.3 Å². The number of ether oxygens (including phenoxy) is 1. The van der Waals surface area contributed by atoms with Crippen LogP contribution in [0.1, 0.15) is 32.6 Å². The lowest BCUT2D eigenvalue weighted by molar-refractivity contribution is -0.136. The van der Waals surface area contributed by atoms with Crippen LogP contribution in [0.2, 0.25) is 0 Å². The summed E-state index contributed by atoms with van der Waals surface area (Å²) in [6.07, 6.45) is 5.17. The lowest BCUT2D eigenvalue weighted by Crippen LogP contribution is -2.08. The molecular weight excluding hydrogens is 176 g/mol. The summed E-state index contributed by atoms with van der Waals surface area (Å²) < 4.78 is 4.77. The predicted molar refractivity (Wildman–Crippen MR) is 53.3 cm³/mol. The molecule has 0 aromatic rings. The quantitative estimate of drug-likeness (QED) is 0.361. The Morgan fingerprint density at radius 3 is 3.14 bits per heavy atom. The lowest BCUT2D eigenvalue weighted by atomic mass is 9.90. The van der Waals surface area contributed by atoms with E-state index in [2.05, 4.69) is 11.8 Å². The minimum absolute atomic E-state index is 0.365. The molecular formula is C12H16O2. The number of rotatable bonds is 1. The molecule has 0 bridgehead atoms. The van der Waals surface area contributed by atoms with Crippen LogP contribution in [-0.2, 0) is 9.53 Å². The summed E-state index contributed by atoms with van der Waals surface area (Å²) in [7, 11) is 0. The van der Waals surface area contributed by atoms with Crippen molar-refractivity contribution in [2.75, 3.05) is 6.61 Å². The van der Waals surface area contributed by atoms with E-state index in [1.54, 1.807) is 6.92 Å². The van der Waals surface area contributed by atoms with E-state index >= 15 is 0 Å². The summed E-state index contributed by atoms with van der Waals surface area (Å²) in [4.78, 5) is 11.0. The minimum Gasteiger partial charge on any atom is -0.456 e. The fourth-order valence-electron chi connectivity index (χ4n) is 2.41. The minimum atomic E-state index is -0.365. The van der Waals surface area contributed by atoms with Crippen molar-refractivity contribution in [3.8, 4) is 11.8 Å². The Bertz CT molecular complexity index is 284. The lowest BCUT2D eigenvalue weighted by Gasteiger charge is -2.14. The Hall–Kier alpha value is -0.970. The van der Waals surface area contributed by atoms with Gasteiger partial charge in [0.2, 0.25) is 0 Å². The molecule has 76 valence electrons. The van der Waals surface area contributed by atoms with Crippen LogP contribution >= 0.6 is 0 Å². The van der Waals surface area contributed by atoms with E-state index in [1.807, 2.05) is 0 Å². The maximum absolute atomic E-state index is 11.0. The van der Waals surface area contributed by atoms with Crippen molar-refractivity contribution in [1.82, 2.24) is 0 Å². The smallest absolute Gasteiger partial charge is 0.384 e. The van der Waals surface area contributed by atoms with E-state index in [0.29, 0.717) is 12.5 Å². The van der Waals surface area contributed by atoms with E-state index in [9.17, 15) is 4.79 Å². The molecule has 0 saturated heterocycles. The van der Waals surface area contributed by atoms with Gasteiger partial charge in [-0.2, -0.15) is 0 Å². The number of fused-ring (bicyclic) bond motifs is 1. The monoisotopic (exact) mass is 192 g/mol. The van der Waals surface area contributed by atoms with Crippen LogP contribution in [0.25, 0.3) is 0 Å². The maximum atomic E-state index is 11.0. The van der Waals surface area contributed by atoms with Gasteiger partial charge in [0.25, 0.3) is 0 Å². The molecule has 3 unspecified atom stereocenters. The van der Waals surface area contributed by atoms with E-state index in [-0.39, 0.29) is 5.97 Å². The van der Waals surface area contributed by atoms with Gasteiger partial charge in [0, 0.05) is 11.8 Å². The van der Waals surface area contributed by atoms with Gasteiger partial charge < -0.3 is 4.74 Å². The Morgan fingerprint density at radius 1 is 1.50 bits per heavy atom. The van der Waals surface area contributed by atoms with E-state index in [1.165, 1.54) is 25.7 Å². The van der Waals surface area contributed by atoms with Gasteiger partial charge in [-0.3, -0.25) is 0 Å². The highest BCUT2D eigenvalue weighted by Crippen LogP contribution is 2.52. The third-order valence-corrected chi connectivity index (χ3v) is 3.22. The first-order valence-corrected chi connectivity index (χ1v) is 5.49. The summed E-state index contributed by atoms with van der Waals surface area (Å²) in [5.41, 5.74) is 0. The van der Waals surface area contributed by atoms with Gasteiger partial charge >= 0.3 is 5.97 Å². The van der Waals surface area contributed by atoms with Gasteiger partial charge in [0.05, 0.1) is 6.61 Å². The van der Waals surface area contributed by atoms with Gasteiger partial charge in [-0.25, -0.2) is 4.79 Å². The zero-order chi connectivity index (χ0) is 9.97. The second kappa shape index (κ2) is 4.04. The molecule has 14 heavy (non-hydrogen) atoms. The van der Waals surface area contributed by atoms with Crippen molar-refractivity contribution in [3.05, 3.63) is 0 Å². The zero-order valence-electron chi connectivity index (χ0n) is 8.58. The van der Waals surface area contributed by atoms with Crippen LogP contribution in [0.4, 0.5) is 0 Å². The summed E-state index contributed by atoms with van der Waals surface area (Å²) >= 11 is 0. The summed E-state index contributed by atoms with van der Waals surface area (Å²) in [5.74, 6) is 7.50. The average molecular weight is 192 g/mol. The fourth-order valence-corrected chi connectivity index (χ4v) is 2.41. The first-order chi connectivity index (χ1) is 6.81. The third-order valence-electron chi connectivity index (χ3n) is 3.22. The van der Waals surface area contributed by atoms with Gasteiger partial charge in [-0.1, -0.05) is 18.8 Å². The highest BCUT2D eigenvalue weighted by molar-refractivity contribution is 5.88. The van der Waals surface area contributed by atoms with Crippen molar-refractivity contribution >= 4 is 5.97 Å². The molecule has 0 aliphatic heterocycles. The first-order valence-electron chi connectivity index (χ1n) is 5.49. The molecule has 0 aromatic carbocycles. The van der Waals surface area contributed by atoms with Crippen molar-refractivity contribution in [1.29, 1.82) is 0 Å². The molecule has 0 N–H and O–H groups in total. The molecule has 2 fully saturated rings. The van der Waals surface area contributed by atoms with Crippen molar-refractivity contribution < 1.29 is 9.53 Å². The second-order valence-corrected chi connectivity index (χ2v) is 4.19. The molecule has 0 spiro atoms. The summed E-state index contributed by atoms with van der Waals surface area (Å²) in [5, 5.41) is 0. The van der Waals surface area contributed by atoms with Crippen LogP contribution in [-0.4, -0.2) is 12.6 Å². The standard InChI is InChI=1S/C12H16O2/c1-2-14-12(13)7-6-9-4-3-5-10-8-11(9)10/h9-11H,2-5,8H2,1H3. The zero-order valence-corrected chi connectivity index (χ0v) is 8.58. The Labute approximate surface area is 85.0 Å². The molecule has 3 atom stereocenters. The maximum Gasteiger partial charge on any atom is 0.384 e. The molecule has 0 aromatic heterocycles. The Morgan fingerprint density at radius 2 is 2.36 bits per heavy atom. The van der Waals surface area contributed by atoms with Crippen LogP contribution in [0.15, 0.2) is 0 Å². The van der Waals surface area contributed by atoms with E-state index in [0.717, 1.165) is 11.8 Å². The van der Waals surface area contributed by atoms with E-state index < -0.39 is 0 Å². The molecule has 2 aliphatic carbocycles. The number of esters is 1. The van der Waals surface area contributed by atoms with Gasteiger partial charge in [0.15, 0.2) is 0 Å². The molecule has 2 heteroatoms. The highest BCUT2D eigenvalue weighted by Gasteiger charge is 2.44. The van der Waals surface area contributed by atoms with Crippen molar-refractivity contribution in [3.63, 3.8) is 0 Å². The van der Waals surface area contributed by atoms with Crippen LogP contribution in [0, 0.1) is 29.6 Å². The Kier molecular flexibility index (Phi) is 2.77. The van der Waals surface area contributed by atoms with Crippen LogP contribution in [0.3, 0.4) is 0 Å². The first kappa shape index (κ1) is 9.58. The van der Waals surface area contributed by atoms with Crippen LogP contribution in [0.5, 0.6) is 0 Å². The highest BCUT2D eigenvalue weighted by atomic mass is 16.5. The number of hydrogen-bond acceptors (Lipinski definition) is 2. The van der Waals surface area contributed by atoms with Gasteiger partial charge in [-0.05, 0) is 31.6 Å². The largest absolute Gasteiger partial charge is 0.456 e. The number of carbonyl (C=O) groups excluding carboxylic acids is 1. The second-order valence-electron chi connectivity index (χ2n) is 4.19. The normalized spacial score (nSPS) is 33.6. The molecule has 2 saturated carbocycles. The molecule has 2 aliphatic rings. The average Bonchev–Trinajstić information content (AvgIpc) is 2.94. The van der Waals surface area contributed by atoms with Gasteiger partial charge in [0.1, 0.15) is 0 Å². The van der Waals surface area contributed by atoms with Crippen molar-refractivity contribution in [2.24, 2.45) is 17.8 Å². The summed E-state index contributed by atoms with van der Waals surface area (Å²) in [6.45, 7) is 2.22. The molecule has 0 heterocycles. The van der Waals surface area contributed by atoms with Crippen LogP contribution < -0.4 is 0 Å². The van der Waals surface area contributed by atoms with Gasteiger partial charge in [-0.15, -0.1) is 0 Å². The Balaban J connectivity index is 1.86. The molecule has 0 radical (unpaired) electrons. The number of carbonyl (C=O) groups is 1. The molecule has 0 amide bonds. The summed E-state index contributed by atoms with van der Waals surface area (Å²) in [6, 6.07) is 0. The van der Waals surface area contributed by atoms with E-state index in [4.69, 9.17) is 4.74 Å². The number of hydrogen-bond donors (Lipinski definition) is 0. The third kappa shape index (κ3) is 2.09. The fraction of sp³-hybridized carbons (Fsp3) is 0.750.